The minimum absolute atomic E-state index is 0.0621. The second-order valence-corrected chi connectivity index (χ2v) is 5.15. The summed E-state index contributed by atoms with van der Waals surface area (Å²) in [4.78, 5) is 19.1. The monoisotopic (exact) mass is 237 g/mol. The molecule has 2 N–H and O–H groups in total. The summed E-state index contributed by atoms with van der Waals surface area (Å²) in [5.74, 6) is 0.514. The molecule has 0 saturated carbocycles. The Labute approximate surface area is 101 Å². The Morgan fingerprint density at radius 1 is 1.53 bits per heavy atom. The van der Waals surface area contributed by atoms with Gasteiger partial charge in [0.15, 0.2) is 0 Å². The van der Waals surface area contributed by atoms with E-state index in [1.54, 1.807) is 19.2 Å². The van der Waals surface area contributed by atoms with E-state index in [-0.39, 0.29) is 17.9 Å². The van der Waals surface area contributed by atoms with Crippen LogP contribution in [0.5, 0.6) is 0 Å². The Kier molecular flexibility index (Phi) is 4.04. The maximum atomic E-state index is 10.8. The fourth-order valence-corrected chi connectivity index (χ4v) is 1.46. The Balaban J connectivity index is 2.83. The number of nitrogens with one attached hydrogen (secondary N) is 1. The zero-order valence-electron chi connectivity index (χ0n) is 10.7. The molecule has 94 valence electrons. The normalized spacial score (nSPS) is 13.2. The molecular formula is C12H19N3O2. The second-order valence-electron chi connectivity index (χ2n) is 5.15. The minimum atomic E-state index is -0.816. The summed E-state index contributed by atoms with van der Waals surface area (Å²) in [7, 11) is 0. The lowest BCUT2D eigenvalue weighted by Gasteiger charge is -2.30. The maximum Gasteiger partial charge on any atom is 0.305 e. The van der Waals surface area contributed by atoms with Crippen molar-refractivity contribution in [2.24, 2.45) is 5.41 Å². The molecule has 0 bridgehead atoms. The third-order valence-electron chi connectivity index (χ3n) is 2.52. The van der Waals surface area contributed by atoms with E-state index < -0.39 is 5.97 Å². The fraction of sp³-hybridized carbons (Fsp3) is 0.583. The molecule has 0 aliphatic heterocycles. The highest BCUT2D eigenvalue weighted by molar-refractivity contribution is 5.68. The van der Waals surface area contributed by atoms with Gasteiger partial charge in [-0.25, -0.2) is 9.97 Å². The van der Waals surface area contributed by atoms with Gasteiger partial charge in [-0.05, 0) is 18.4 Å². The minimum Gasteiger partial charge on any atom is -0.481 e. The molecule has 0 radical (unpaired) electrons. The molecular weight excluding hydrogens is 218 g/mol. The number of anilines is 1. The van der Waals surface area contributed by atoms with Crippen LogP contribution in [0.2, 0.25) is 0 Å². The van der Waals surface area contributed by atoms with Crippen molar-refractivity contribution in [1.82, 2.24) is 9.97 Å². The van der Waals surface area contributed by atoms with Gasteiger partial charge in [-0.15, -0.1) is 0 Å². The summed E-state index contributed by atoms with van der Waals surface area (Å²) >= 11 is 0. The van der Waals surface area contributed by atoms with Gasteiger partial charge < -0.3 is 10.4 Å². The van der Waals surface area contributed by atoms with Crippen molar-refractivity contribution in [3.63, 3.8) is 0 Å². The van der Waals surface area contributed by atoms with Gasteiger partial charge in [0, 0.05) is 12.2 Å². The lowest BCUT2D eigenvalue weighted by atomic mass is 9.85. The van der Waals surface area contributed by atoms with Crippen molar-refractivity contribution in [3.8, 4) is 0 Å². The zero-order chi connectivity index (χ0) is 13.1. The number of hydrogen-bond donors (Lipinski definition) is 2. The number of aliphatic carboxylic acids is 1. The first-order valence-corrected chi connectivity index (χ1v) is 5.57. The predicted molar refractivity (Wildman–Crippen MR) is 65.9 cm³/mol. The number of aromatic nitrogens is 2. The first-order chi connectivity index (χ1) is 7.79. The number of aryl methyl sites for hydroxylation is 1. The molecule has 0 saturated heterocycles. The first kappa shape index (κ1) is 13.4. The quantitative estimate of drug-likeness (QED) is 0.838. The van der Waals surface area contributed by atoms with E-state index in [1.807, 2.05) is 20.8 Å². The molecule has 1 rings (SSSR count). The van der Waals surface area contributed by atoms with Gasteiger partial charge in [0.1, 0.15) is 11.6 Å². The molecule has 1 heterocycles. The SMILES string of the molecule is Cc1nccc(NC(CC(=O)O)C(C)(C)C)n1. The molecule has 17 heavy (non-hydrogen) atoms. The molecule has 0 fully saturated rings. The maximum absolute atomic E-state index is 10.8. The van der Waals surface area contributed by atoms with Crippen molar-refractivity contribution in [1.29, 1.82) is 0 Å². The molecule has 1 atom stereocenters. The van der Waals surface area contributed by atoms with Crippen molar-refractivity contribution in [3.05, 3.63) is 18.1 Å². The van der Waals surface area contributed by atoms with Crippen LogP contribution in [0.3, 0.4) is 0 Å². The smallest absolute Gasteiger partial charge is 0.305 e. The van der Waals surface area contributed by atoms with Crippen LogP contribution in [0, 0.1) is 12.3 Å². The van der Waals surface area contributed by atoms with E-state index in [9.17, 15) is 4.79 Å². The lowest BCUT2D eigenvalue weighted by Crippen LogP contribution is -2.36. The van der Waals surface area contributed by atoms with Crippen molar-refractivity contribution in [2.45, 2.75) is 40.2 Å². The molecule has 0 spiro atoms. The highest BCUT2D eigenvalue weighted by Gasteiger charge is 2.27. The molecule has 5 heteroatoms. The van der Waals surface area contributed by atoms with Crippen LogP contribution in [0.15, 0.2) is 12.3 Å². The summed E-state index contributed by atoms with van der Waals surface area (Å²) in [6.45, 7) is 7.80. The highest BCUT2D eigenvalue weighted by Crippen LogP contribution is 2.24. The van der Waals surface area contributed by atoms with Crippen LogP contribution < -0.4 is 5.32 Å². The third-order valence-corrected chi connectivity index (χ3v) is 2.52. The third kappa shape index (κ3) is 4.38. The Morgan fingerprint density at radius 2 is 2.18 bits per heavy atom. The van der Waals surface area contributed by atoms with Crippen LogP contribution >= 0.6 is 0 Å². The van der Waals surface area contributed by atoms with Gasteiger partial charge in [-0.1, -0.05) is 20.8 Å². The van der Waals surface area contributed by atoms with Crippen LogP contribution in [-0.4, -0.2) is 27.1 Å². The van der Waals surface area contributed by atoms with E-state index in [0.29, 0.717) is 11.6 Å². The average Bonchev–Trinajstić information content (AvgIpc) is 2.14. The van der Waals surface area contributed by atoms with Crippen LogP contribution in [0.1, 0.15) is 33.0 Å². The average molecular weight is 237 g/mol. The first-order valence-electron chi connectivity index (χ1n) is 5.57. The van der Waals surface area contributed by atoms with Gasteiger partial charge in [0.25, 0.3) is 0 Å². The van der Waals surface area contributed by atoms with Gasteiger partial charge in [0.05, 0.1) is 6.42 Å². The second kappa shape index (κ2) is 5.12. The van der Waals surface area contributed by atoms with E-state index in [1.165, 1.54) is 0 Å². The molecule has 0 aliphatic carbocycles. The number of carbonyl (C=O) groups is 1. The lowest BCUT2D eigenvalue weighted by molar-refractivity contribution is -0.137. The van der Waals surface area contributed by atoms with Crippen LogP contribution in [-0.2, 0) is 4.79 Å². The van der Waals surface area contributed by atoms with Gasteiger partial charge >= 0.3 is 5.97 Å². The topological polar surface area (TPSA) is 75.1 Å². The number of nitrogens with zero attached hydrogens (tertiary/aromatic N) is 2. The number of rotatable bonds is 4. The van der Waals surface area contributed by atoms with E-state index >= 15 is 0 Å². The molecule has 0 amide bonds. The van der Waals surface area contributed by atoms with Gasteiger partial charge in [-0.2, -0.15) is 0 Å². The van der Waals surface area contributed by atoms with Crippen molar-refractivity contribution < 1.29 is 9.90 Å². The summed E-state index contributed by atoms with van der Waals surface area (Å²) in [6, 6.07) is 1.57. The Morgan fingerprint density at radius 3 is 2.65 bits per heavy atom. The summed E-state index contributed by atoms with van der Waals surface area (Å²) < 4.78 is 0. The molecule has 0 aromatic carbocycles. The molecule has 1 unspecified atom stereocenters. The van der Waals surface area contributed by atoms with Crippen molar-refractivity contribution in [2.75, 3.05) is 5.32 Å². The van der Waals surface area contributed by atoms with Gasteiger partial charge in [-0.3, -0.25) is 4.79 Å². The molecule has 1 aromatic heterocycles. The fourth-order valence-electron chi connectivity index (χ4n) is 1.46. The summed E-state index contributed by atoms with van der Waals surface area (Å²) in [5, 5.41) is 12.1. The Bertz CT molecular complexity index is 399. The Hall–Kier alpha value is -1.65. The van der Waals surface area contributed by atoms with Crippen molar-refractivity contribution >= 4 is 11.8 Å². The molecule has 5 nitrogen and oxygen atoms in total. The summed E-state index contributed by atoms with van der Waals surface area (Å²) in [5.41, 5.74) is -0.156. The van der Waals surface area contributed by atoms with E-state index in [2.05, 4.69) is 15.3 Å². The zero-order valence-corrected chi connectivity index (χ0v) is 10.7. The van der Waals surface area contributed by atoms with Crippen LogP contribution in [0.4, 0.5) is 5.82 Å². The van der Waals surface area contributed by atoms with Gasteiger partial charge in [0.2, 0.25) is 0 Å². The number of carboxylic acid groups (broad SMARTS) is 1. The standard InChI is InChI=1S/C12H19N3O2/c1-8-13-6-5-10(14-8)15-9(7-11(16)17)12(2,3)4/h5-6,9H,7H2,1-4H3,(H,16,17)(H,13,14,15). The molecule has 0 aliphatic rings. The largest absolute Gasteiger partial charge is 0.481 e. The van der Waals surface area contributed by atoms with E-state index in [4.69, 9.17) is 5.11 Å². The number of carboxylic acids is 1. The van der Waals surface area contributed by atoms with Crippen LogP contribution in [0.25, 0.3) is 0 Å². The van der Waals surface area contributed by atoms with E-state index in [0.717, 1.165) is 0 Å². The number of hydrogen-bond acceptors (Lipinski definition) is 4. The molecule has 1 aromatic rings. The predicted octanol–water partition coefficient (Wildman–Crippen LogP) is 2.09. The summed E-state index contributed by atoms with van der Waals surface area (Å²) in [6.07, 6.45) is 1.72. The highest BCUT2D eigenvalue weighted by atomic mass is 16.4.